The van der Waals surface area contributed by atoms with Gasteiger partial charge in [0.1, 0.15) is 0 Å². The molecule has 4 nitrogen and oxygen atoms in total. The van der Waals surface area contributed by atoms with Crippen molar-refractivity contribution in [1.29, 1.82) is 0 Å². The van der Waals surface area contributed by atoms with Gasteiger partial charge in [-0.1, -0.05) is 0 Å². The first-order valence-electron chi connectivity index (χ1n) is 0.783. The summed E-state index contributed by atoms with van der Waals surface area (Å²) in [7, 11) is 4.77. The Bertz CT molecular complexity index is 35.9. The first kappa shape index (κ1) is 15.9. The topological polar surface area (TPSA) is 63.4 Å². The van der Waals surface area contributed by atoms with Crippen LogP contribution in [0.25, 0.3) is 0 Å². The summed E-state index contributed by atoms with van der Waals surface area (Å²) in [4.78, 5) is 8.36. The third-order valence-electron chi connectivity index (χ3n) is 0. The van der Waals surface area contributed by atoms with Crippen molar-refractivity contribution in [2.75, 3.05) is 0 Å². The van der Waals surface area contributed by atoms with Gasteiger partial charge >= 0.3 is 36.9 Å². The Kier molecular flexibility index (Phi) is 35.5. The Morgan fingerprint density at radius 2 is 1.71 bits per heavy atom. The zero-order valence-electron chi connectivity index (χ0n) is 3.24. The van der Waals surface area contributed by atoms with Crippen molar-refractivity contribution in [3.05, 3.63) is 10.1 Å². The van der Waals surface area contributed by atoms with Gasteiger partial charge in [-0.05, 0) is 0 Å². The Hall–Kier alpha value is 1.70. The second-order valence-electron chi connectivity index (χ2n) is 0.238. The first-order valence-corrected chi connectivity index (χ1v) is 4.44. The van der Waals surface area contributed by atoms with Crippen LogP contribution in [0.15, 0.2) is 0 Å². The molecule has 1 radical (unpaired) electrons. The standard InChI is InChI=1S/ClH.HNO3.2Y/c;2-1(3)4;;/h1H;(H,2,3,4);;/q;;;+1/p-1. The molecule has 0 atom stereocenters. The first-order chi connectivity index (χ1) is 2.73. The van der Waals surface area contributed by atoms with Gasteiger partial charge in [0, 0.05) is 32.7 Å². The van der Waals surface area contributed by atoms with Crippen LogP contribution in [-0.2, 0) is 62.3 Å². The average molecular weight is 276 g/mol. The molecule has 0 unspecified atom stereocenters. The smallest absolute Gasteiger partial charge is 0 e. The molecule has 7 heteroatoms. The summed E-state index contributed by atoms with van der Waals surface area (Å²) in [6.45, 7) is 0. The molecule has 0 aliphatic rings. The summed E-state index contributed by atoms with van der Waals surface area (Å²) in [6, 6.07) is 0. The number of hydrogen-bond acceptors (Lipinski definition) is 2. The van der Waals surface area contributed by atoms with E-state index in [2.05, 4.69) is 0 Å². The monoisotopic (exact) mass is 276 g/mol. The molecule has 0 aromatic carbocycles. The summed E-state index contributed by atoms with van der Waals surface area (Å²) in [5.74, 6) is 0. The quantitative estimate of drug-likeness (QED) is 0.512. The fraction of sp³-hybridized carbons (Fsp3) is 0. The van der Waals surface area contributed by atoms with Gasteiger partial charge in [-0.25, -0.2) is 0 Å². The largest absolute Gasteiger partial charge is 0 e. The molecule has 0 aliphatic heterocycles. The normalized spacial score (nSPS) is 4.00. The van der Waals surface area contributed by atoms with E-state index in [1.54, 1.807) is 0 Å². The molecular formula is HClNO3Y2. The van der Waals surface area contributed by atoms with Crippen LogP contribution in [0.2, 0.25) is 0 Å². The number of rotatable bonds is 0. The molecular weight excluding hydrogens is 275 g/mol. The van der Waals surface area contributed by atoms with E-state index in [4.69, 9.17) is 22.6 Å². The van der Waals surface area contributed by atoms with E-state index in [1.807, 2.05) is 0 Å². The van der Waals surface area contributed by atoms with Crippen LogP contribution in [0.5, 0.6) is 0 Å². The van der Waals surface area contributed by atoms with Gasteiger partial charge in [0.05, 0.1) is 0 Å². The molecule has 0 amide bonds. The third-order valence-corrected chi connectivity index (χ3v) is 0. The maximum absolute atomic E-state index is 8.36. The van der Waals surface area contributed by atoms with E-state index in [0.717, 1.165) is 29.6 Å². The van der Waals surface area contributed by atoms with Gasteiger partial charge in [-0.15, -0.1) is 10.1 Å². The maximum atomic E-state index is 8.36. The van der Waals surface area contributed by atoms with Crippen LogP contribution in [-0.4, -0.2) is 10.3 Å². The molecule has 7 heavy (non-hydrogen) atoms. The Morgan fingerprint density at radius 1 is 1.71 bits per heavy atom. The summed E-state index contributed by atoms with van der Waals surface area (Å²) in [5.41, 5.74) is 0. The molecule has 37 valence electrons. The predicted octanol–water partition coefficient (Wildman–Crippen LogP) is 0.337. The zero-order valence-corrected chi connectivity index (χ0v) is 9.68. The molecule has 0 aromatic heterocycles. The van der Waals surface area contributed by atoms with E-state index in [-0.39, 0.29) is 32.7 Å². The number of hydrogen-bond donors (Lipinski definition) is 1. The summed E-state index contributed by atoms with van der Waals surface area (Å²) >= 11 is 0.822. The van der Waals surface area contributed by atoms with Crippen LogP contribution in [0, 0.1) is 10.1 Å². The van der Waals surface area contributed by atoms with Crippen molar-refractivity contribution < 1.29 is 72.6 Å². The molecule has 0 fully saturated rings. The average Bonchev–Trinajstić information content (AvgIpc) is 1.41. The second-order valence-corrected chi connectivity index (χ2v) is 0.238. The molecule has 0 bridgehead atoms. The van der Waals surface area contributed by atoms with Gasteiger partial charge in [-0.2, -0.15) is 0 Å². The predicted molar refractivity (Wildman–Crippen MR) is 14.6 cm³/mol. The number of nitrogens with zero attached hydrogens (tertiary/aromatic N) is 1. The van der Waals surface area contributed by atoms with Crippen LogP contribution in [0.1, 0.15) is 0 Å². The Morgan fingerprint density at radius 3 is 1.71 bits per heavy atom. The van der Waals surface area contributed by atoms with Crippen LogP contribution < -0.4 is 0 Å². The SMILES string of the molecule is O=[N+]([O-])O.[Cl][Y].[Y]. The fourth-order valence-electron chi connectivity index (χ4n) is 0. The Labute approximate surface area is 88.5 Å². The maximum Gasteiger partial charge on any atom is 0 e. The molecule has 0 spiro atoms. The van der Waals surface area contributed by atoms with Gasteiger partial charge in [0.2, 0.25) is 0 Å². The van der Waals surface area contributed by atoms with E-state index in [9.17, 15) is 0 Å². The molecule has 0 rings (SSSR count). The van der Waals surface area contributed by atoms with Crippen LogP contribution >= 0.6 is 7.33 Å². The van der Waals surface area contributed by atoms with Crippen molar-refractivity contribution in [1.82, 2.24) is 0 Å². The van der Waals surface area contributed by atoms with Gasteiger partial charge in [0.25, 0.3) is 5.09 Å². The Balaban J connectivity index is -0.0000000480. The zero-order chi connectivity index (χ0) is 5.58. The van der Waals surface area contributed by atoms with Gasteiger partial charge in [0.15, 0.2) is 0 Å². The molecule has 0 aliphatic carbocycles. The van der Waals surface area contributed by atoms with Crippen molar-refractivity contribution in [3.63, 3.8) is 0 Å². The minimum absolute atomic E-state index is 0. The number of halogens is 1. The minimum Gasteiger partial charge on any atom is 0 e. The van der Waals surface area contributed by atoms with Crippen LogP contribution in [0.4, 0.5) is 0 Å². The van der Waals surface area contributed by atoms with Crippen molar-refractivity contribution >= 4 is 7.33 Å². The molecule has 0 saturated heterocycles. The summed E-state index contributed by atoms with van der Waals surface area (Å²) in [6.07, 6.45) is 0. The van der Waals surface area contributed by atoms with Gasteiger partial charge < -0.3 is 5.21 Å². The minimum atomic E-state index is -1.50. The van der Waals surface area contributed by atoms with E-state index >= 15 is 0 Å². The van der Waals surface area contributed by atoms with E-state index in [1.165, 1.54) is 0 Å². The summed E-state index contributed by atoms with van der Waals surface area (Å²) in [5, 5.41) is 13.6. The van der Waals surface area contributed by atoms with E-state index in [0.29, 0.717) is 0 Å². The molecule has 0 aromatic rings. The van der Waals surface area contributed by atoms with Crippen molar-refractivity contribution in [2.24, 2.45) is 0 Å². The van der Waals surface area contributed by atoms with Crippen molar-refractivity contribution in [3.8, 4) is 0 Å². The van der Waals surface area contributed by atoms with E-state index < -0.39 is 5.09 Å². The molecule has 0 heterocycles. The second kappa shape index (κ2) is 15.6. The fourth-order valence-corrected chi connectivity index (χ4v) is 0. The van der Waals surface area contributed by atoms with Crippen LogP contribution in [0.3, 0.4) is 0 Å². The third kappa shape index (κ3) is 86.7. The molecule has 1 N–H and O–H groups in total. The van der Waals surface area contributed by atoms with Gasteiger partial charge in [-0.3, -0.25) is 0 Å². The van der Waals surface area contributed by atoms with Crippen molar-refractivity contribution in [2.45, 2.75) is 0 Å². The molecule has 0 saturated carbocycles. The summed E-state index contributed by atoms with van der Waals surface area (Å²) < 4.78 is 0.